The molecule has 0 radical (unpaired) electrons. The number of ketones is 1. The van der Waals surface area contributed by atoms with Gasteiger partial charge in [0, 0.05) is 25.4 Å². The highest BCUT2D eigenvalue weighted by molar-refractivity contribution is 5.93. The number of rotatable bonds is 4. The molecule has 0 bridgehead atoms. The molecule has 1 aromatic rings. The van der Waals surface area contributed by atoms with Gasteiger partial charge in [-0.2, -0.15) is 0 Å². The number of carbonyl (C=O) groups is 1. The van der Waals surface area contributed by atoms with Crippen molar-refractivity contribution in [1.29, 1.82) is 0 Å². The fraction of sp³-hybridized carbons (Fsp3) is 0.667. The van der Waals surface area contributed by atoms with Crippen LogP contribution in [0.15, 0.2) is 12.4 Å². The van der Waals surface area contributed by atoms with Gasteiger partial charge in [-0.1, -0.05) is 27.7 Å². The molecule has 0 N–H and O–H groups in total. The Hall–Kier alpha value is -1.12. The van der Waals surface area contributed by atoms with Crippen molar-refractivity contribution in [3.05, 3.63) is 18.2 Å². The van der Waals surface area contributed by atoms with Gasteiger partial charge in [0.25, 0.3) is 0 Å². The van der Waals surface area contributed by atoms with Gasteiger partial charge in [0.1, 0.15) is 0 Å². The molecule has 0 spiro atoms. The molecule has 0 atom stereocenters. The monoisotopic (exact) mass is 208 g/mol. The Balaban J connectivity index is 2.77. The minimum Gasteiger partial charge on any atom is -0.329 e. The van der Waals surface area contributed by atoms with Crippen LogP contribution in [0.25, 0.3) is 0 Å². The minimum absolute atomic E-state index is 0.0279. The van der Waals surface area contributed by atoms with E-state index in [1.165, 1.54) is 0 Å². The number of imidazole rings is 1. The van der Waals surface area contributed by atoms with Crippen LogP contribution in [0.2, 0.25) is 0 Å². The van der Waals surface area contributed by atoms with E-state index >= 15 is 0 Å². The first-order valence-corrected chi connectivity index (χ1v) is 5.48. The van der Waals surface area contributed by atoms with Gasteiger partial charge in [-0.15, -0.1) is 0 Å². The first-order valence-electron chi connectivity index (χ1n) is 5.48. The third-order valence-corrected chi connectivity index (χ3v) is 2.12. The number of hydrogen-bond donors (Lipinski definition) is 0. The number of nitrogens with zero attached hydrogens (tertiary/aromatic N) is 2. The van der Waals surface area contributed by atoms with Gasteiger partial charge in [-0.25, -0.2) is 4.98 Å². The van der Waals surface area contributed by atoms with E-state index in [1.807, 2.05) is 10.8 Å². The third-order valence-electron chi connectivity index (χ3n) is 2.12. The van der Waals surface area contributed by atoms with Gasteiger partial charge in [-0.05, 0) is 11.8 Å². The van der Waals surface area contributed by atoms with Crippen LogP contribution in [0.3, 0.4) is 0 Å². The average Bonchev–Trinajstić information content (AvgIpc) is 2.49. The van der Waals surface area contributed by atoms with E-state index in [2.05, 4.69) is 32.7 Å². The normalized spacial score (nSPS) is 11.7. The molecule has 0 aromatic carbocycles. The quantitative estimate of drug-likeness (QED) is 0.713. The molecule has 0 aliphatic carbocycles. The van der Waals surface area contributed by atoms with Gasteiger partial charge in [0.15, 0.2) is 11.6 Å². The lowest BCUT2D eigenvalue weighted by atomic mass is 9.90. The lowest BCUT2D eigenvalue weighted by Crippen LogP contribution is -2.17. The summed E-state index contributed by atoms with van der Waals surface area (Å²) < 4.78 is 1.94. The molecule has 0 aliphatic rings. The van der Waals surface area contributed by atoms with Crippen molar-refractivity contribution in [3.8, 4) is 0 Å². The van der Waals surface area contributed by atoms with Gasteiger partial charge < -0.3 is 4.57 Å². The summed E-state index contributed by atoms with van der Waals surface area (Å²) >= 11 is 0. The summed E-state index contributed by atoms with van der Waals surface area (Å²) in [5.74, 6) is 0.743. The molecule has 0 saturated carbocycles. The highest BCUT2D eigenvalue weighted by Gasteiger charge is 2.20. The van der Waals surface area contributed by atoms with Crippen molar-refractivity contribution >= 4 is 5.78 Å². The Bertz CT molecular complexity index is 334. The standard InChI is InChI=1S/C12H20N2O/c1-5-7-14-8-6-13-11(14)10(15)9-12(2,3)4/h6,8H,5,7,9H2,1-4H3. The lowest BCUT2D eigenvalue weighted by molar-refractivity contribution is 0.0925. The summed E-state index contributed by atoms with van der Waals surface area (Å²) in [4.78, 5) is 16.1. The maximum absolute atomic E-state index is 11.9. The fourth-order valence-electron chi connectivity index (χ4n) is 1.54. The predicted molar refractivity (Wildman–Crippen MR) is 60.9 cm³/mol. The van der Waals surface area contributed by atoms with Crippen LogP contribution in [0.4, 0.5) is 0 Å². The van der Waals surface area contributed by atoms with Crippen molar-refractivity contribution in [1.82, 2.24) is 9.55 Å². The molecule has 0 aliphatic heterocycles. The molecule has 1 rings (SSSR count). The number of carbonyl (C=O) groups excluding carboxylic acids is 1. The summed E-state index contributed by atoms with van der Waals surface area (Å²) in [7, 11) is 0. The van der Waals surface area contributed by atoms with Crippen molar-refractivity contribution in [2.75, 3.05) is 0 Å². The molecule has 0 unspecified atom stereocenters. The first-order chi connectivity index (χ1) is 6.94. The third kappa shape index (κ3) is 3.50. The zero-order valence-electron chi connectivity index (χ0n) is 10.1. The minimum atomic E-state index is 0.0279. The van der Waals surface area contributed by atoms with Crippen molar-refractivity contribution < 1.29 is 4.79 Å². The molecular formula is C12H20N2O. The predicted octanol–water partition coefficient (Wildman–Crippen LogP) is 2.91. The van der Waals surface area contributed by atoms with Crippen molar-refractivity contribution in [3.63, 3.8) is 0 Å². The topological polar surface area (TPSA) is 34.9 Å². The fourth-order valence-corrected chi connectivity index (χ4v) is 1.54. The average molecular weight is 208 g/mol. The van der Waals surface area contributed by atoms with Gasteiger partial charge in [0.05, 0.1) is 0 Å². The Labute approximate surface area is 91.5 Å². The Kier molecular flexibility index (Phi) is 3.66. The van der Waals surface area contributed by atoms with Gasteiger partial charge in [0.2, 0.25) is 0 Å². The van der Waals surface area contributed by atoms with E-state index < -0.39 is 0 Å². The summed E-state index contributed by atoms with van der Waals surface area (Å²) in [6, 6.07) is 0. The van der Waals surface area contributed by atoms with Crippen LogP contribution in [0.1, 0.15) is 51.2 Å². The largest absolute Gasteiger partial charge is 0.329 e. The summed E-state index contributed by atoms with van der Waals surface area (Å²) in [5.41, 5.74) is 0.0279. The van der Waals surface area contributed by atoms with E-state index in [-0.39, 0.29) is 11.2 Å². The number of aromatic nitrogens is 2. The van der Waals surface area contributed by atoms with Crippen molar-refractivity contribution in [2.24, 2.45) is 5.41 Å². The van der Waals surface area contributed by atoms with Crippen LogP contribution in [0.5, 0.6) is 0 Å². The number of Topliss-reactive ketones (excluding diaryl/α,β-unsaturated/α-hetero) is 1. The number of hydrogen-bond acceptors (Lipinski definition) is 2. The Morgan fingerprint density at radius 1 is 1.47 bits per heavy atom. The van der Waals surface area contributed by atoms with Crippen LogP contribution in [-0.4, -0.2) is 15.3 Å². The number of aryl methyl sites for hydroxylation is 1. The maximum atomic E-state index is 11.9. The van der Waals surface area contributed by atoms with E-state index in [4.69, 9.17) is 0 Å². The summed E-state index contributed by atoms with van der Waals surface area (Å²) in [6.45, 7) is 9.16. The molecule has 1 heterocycles. The second-order valence-corrected chi connectivity index (χ2v) is 5.10. The molecule has 1 aromatic heterocycles. The van der Waals surface area contributed by atoms with Gasteiger partial charge >= 0.3 is 0 Å². The SMILES string of the molecule is CCCn1ccnc1C(=O)CC(C)(C)C. The highest BCUT2D eigenvalue weighted by Crippen LogP contribution is 2.21. The second-order valence-electron chi connectivity index (χ2n) is 5.10. The Morgan fingerprint density at radius 2 is 2.13 bits per heavy atom. The second kappa shape index (κ2) is 4.60. The highest BCUT2D eigenvalue weighted by atomic mass is 16.1. The molecule has 84 valence electrons. The first kappa shape index (κ1) is 12.0. The van der Waals surface area contributed by atoms with Gasteiger partial charge in [-0.3, -0.25) is 4.79 Å². The zero-order valence-corrected chi connectivity index (χ0v) is 10.1. The van der Waals surface area contributed by atoms with Crippen LogP contribution < -0.4 is 0 Å². The summed E-state index contributed by atoms with van der Waals surface area (Å²) in [6.07, 6.45) is 5.14. The summed E-state index contributed by atoms with van der Waals surface area (Å²) in [5, 5.41) is 0. The van der Waals surface area contributed by atoms with Crippen LogP contribution >= 0.6 is 0 Å². The molecule has 15 heavy (non-hydrogen) atoms. The Morgan fingerprint density at radius 3 is 2.67 bits per heavy atom. The molecule has 3 nitrogen and oxygen atoms in total. The van der Waals surface area contributed by atoms with E-state index in [0.29, 0.717) is 12.2 Å². The molecule has 0 saturated heterocycles. The van der Waals surface area contributed by atoms with Crippen LogP contribution in [-0.2, 0) is 6.54 Å². The van der Waals surface area contributed by atoms with Crippen LogP contribution in [0, 0.1) is 5.41 Å². The van der Waals surface area contributed by atoms with E-state index in [9.17, 15) is 4.79 Å². The van der Waals surface area contributed by atoms with E-state index in [0.717, 1.165) is 13.0 Å². The van der Waals surface area contributed by atoms with E-state index in [1.54, 1.807) is 6.20 Å². The lowest BCUT2D eigenvalue weighted by Gasteiger charge is -2.16. The maximum Gasteiger partial charge on any atom is 0.198 e. The van der Waals surface area contributed by atoms with Crippen molar-refractivity contribution in [2.45, 2.75) is 47.1 Å². The smallest absolute Gasteiger partial charge is 0.198 e. The molecule has 0 amide bonds. The zero-order chi connectivity index (χ0) is 11.5. The molecular weight excluding hydrogens is 188 g/mol. The molecule has 0 fully saturated rings. The molecule has 3 heteroatoms.